The van der Waals surface area contributed by atoms with Crippen LogP contribution in [0, 0.1) is 10.1 Å². The van der Waals surface area contributed by atoms with E-state index in [-0.39, 0.29) is 29.3 Å². The second kappa shape index (κ2) is 8.17. The highest BCUT2D eigenvalue weighted by Crippen LogP contribution is 2.30. The normalized spacial score (nSPS) is 17.1. The fourth-order valence-electron chi connectivity index (χ4n) is 3.09. The molecule has 0 aliphatic carbocycles. The third kappa shape index (κ3) is 4.62. The average molecular weight is 373 g/mol. The zero-order chi connectivity index (χ0) is 19.4. The van der Waals surface area contributed by atoms with Gasteiger partial charge in [0.2, 0.25) is 0 Å². The van der Waals surface area contributed by atoms with Crippen molar-refractivity contribution in [2.75, 3.05) is 24.6 Å². The van der Waals surface area contributed by atoms with Gasteiger partial charge < -0.3 is 15.0 Å². The maximum absolute atomic E-state index is 12.2. The van der Waals surface area contributed by atoms with Gasteiger partial charge in [0.1, 0.15) is 5.69 Å². The molecular formula is C18H23N5O4. The minimum atomic E-state index is -0.445. The number of anilines is 1. The van der Waals surface area contributed by atoms with Crippen LogP contribution in [-0.4, -0.2) is 52.5 Å². The Kier molecular flexibility index (Phi) is 5.70. The van der Waals surface area contributed by atoms with Crippen molar-refractivity contribution >= 4 is 17.3 Å². The number of carbonyl (C=O) groups is 1. The lowest BCUT2D eigenvalue weighted by Gasteiger charge is -2.34. The lowest BCUT2D eigenvalue weighted by atomic mass is 10.1. The van der Waals surface area contributed by atoms with Crippen molar-refractivity contribution in [1.82, 2.24) is 15.1 Å². The van der Waals surface area contributed by atoms with E-state index in [0.29, 0.717) is 31.9 Å². The second-order valence-electron chi connectivity index (χ2n) is 6.76. The topological polar surface area (TPSA) is 103 Å². The first-order valence-electron chi connectivity index (χ1n) is 8.87. The molecule has 9 nitrogen and oxygen atoms in total. The molecule has 2 heterocycles. The number of nitrogens with one attached hydrogen (secondary N) is 1. The zero-order valence-electron chi connectivity index (χ0n) is 15.4. The first-order valence-corrected chi connectivity index (χ1v) is 8.87. The molecule has 0 radical (unpaired) electrons. The van der Waals surface area contributed by atoms with E-state index in [0.717, 1.165) is 0 Å². The third-order valence-electron chi connectivity index (χ3n) is 4.28. The van der Waals surface area contributed by atoms with Crippen LogP contribution in [-0.2, 0) is 11.3 Å². The summed E-state index contributed by atoms with van der Waals surface area (Å²) in [5, 5.41) is 18.5. The zero-order valence-corrected chi connectivity index (χ0v) is 15.4. The van der Waals surface area contributed by atoms with E-state index in [1.54, 1.807) is 23.0 Å². The van der Waals surface area contributed by atoms with E-state index < -0.39 is 4.92 Å². The fourth-order valence-corrected chi connectivity index (χ4v) is 3.09. The van der Waals surface area contributed by atoms with Gasteiger partial charge >= 0.3 is 0 Å². The number of nitro groups is 1. The number of benzene rings is 1. The van der Waals surface area contributed by atoms with Crippen molar-refractivity contribution < 1.29 is 14.5 Å². The molecule has 3 rings (SSSR count). The number of rotatable bonds is 6. The minimum Gasteiger partial charge on any atom is -0.373 e. The molecule has 9 heteroatoms. The molecule has 1 atom stereocenters. The average Bonchev–Trinajstić information content (AvgIpc) is 3.13. The molecule has 1 unspecified atom stereocenters. The van der Waals surface area contributed by atoms with Gasteiger partial charge in [-0.2, -0.15) is 5.10 Å². The molecule has 27 heavy (non-hydrogen) atoms. The first kappa shape index (κ1) is 18.8. The highest BCUT2D eigenvalue weighted by atomic mass is 16.6. The number of nitro benzene ring substituents is 1. The molecule has 2 aromatic rings. The molecule has 1 aromatic heterocycles. The van der Waals surface area contributed by atoms with Gasteiger partial charge in [0, 0.05) is 43.2 Å². The predicted molar refractivity (Wildman–Crippen MR) is 99.9 cm³/mol. The Morgan fingerprint density at radius 1 is 1.48 bits per heavy atom. The van der Waals surface area contributed by atoms with E-state index in [2.05, 4.69) is 10.4 Å². The predicted octanol–water partition coefficient (Wildman–Crippen LogP) is 1.83. The molecule has 0 saturated carbocycles. The van der Waals surface area contributed by atoms with Crippen LogP contribution in [0.15, 0.2) is 36.7 Å². The van der Waals surface area contributed by atoms with Gasteiger partial charge in [0.05, 0.1) is 24.2 Å². The van der Waals surface area contributed by atoms with Crippen LogP contribution >= 0.6 is 0 Å². The number of hydrogen-bond acceptors (Lipinski definition) is 6. The van der Waals surface area contributed by atoms with Crippen molar-refractivity contribution in [1.29, 1.82) is 0 Å². The number of hydrogen-bond donors (Lipinski definition) is 1. The van der Waals surface area contributed by atoms with Crippen molar-refractivity contribution in [3.8, 4) is 0 Å². The number of aromatic nitrogens is 2. The van der Waals surface area contributed by atoms with Gasteiger partial charge in [-0.3, -0.25) is 19.6 Å². The van der Waals surface area contributed by atoms with Gasteiger partial charge in [-0.05, 0) is 32.0 Å². The van der Waals surface area contributed by atoms with E-state index in [9.17, 15) is 14.9 Å². The maximum atomic E-state index is 12.2. The third-order valence-corrected chi connectivity index (χ3v) is 4.28. The summed E-state index contributed by atoms with van der Waals surface area (Å²) in [6, 6.07) is 6.40. The standard InChI is InChI=1S/C18H23N5O4/c1-13(2)20-18(24)14-4-5-16(17(10-14)23(25)26)21-8-9-27-15(11-21)12-22-7-3-6-19-22/h3-7,10,13,15H,8-9,11-12H2,1-2H3,(H,20,24). The molecule has 1 aromatic carbocycles. The smallest absolute Gasteiger partial charge is 0.293 e. The van der Waals surface area contributed by atoms with Gasteiger partial charge in [-0.25, -0.2) is 0 Å². The summed E-state index contributed by atoms with van der Waals surface area (Å²) in [7, 11) is 0. The Morgan fingerprint density at radius 2 is 2.30 bits per heavy atom. The van der Waals surface area contributed by atoms with Gasteiger partial charge in [-0.15, -0.1) is 0 Å². The summed E-state index contributed by atoms with van der Waals surface area (Å²) < 4.78 is 7.55. The Hall–Kier alpha value is -2.94. The summed E-state index contributed by atoms with van der Waals surface area (Å²) in [6.45, 7) is 5.79. The summed E-state index contributed by atoms with van der Waals surface area (Å²) in [5.74, 6) is -0.321. The van der Waals surface area contributed by atoms with Gasteiger partial charge in [0.15, 0.2) is 0 Å². The van der Waals surface area contributed by atoms with Crippen LogP contribution in [0.1, 0.15) is 24.2 Å². The molecule has 1 fully saturated rings. The van der Waals surface area contributed by atoms with Crippen molar-refractivity contribution in [2.24, 2.45) is 0 Å². The molecule has 1 aliphatic heterocycles. The van der Waals surface area contributed by atoms with E-state index in [1.807, 2.05) is 31.0 Å². The van der Waals surface area contributed by atoms with Crippen LogP contribution in [0.2, 0.25) is 0 Å². The molecule has 1 N–H and O–H groups in total. The molecule has 0 bridgehead atoms. The van der Waals surface area contributed by atoms with E-state index in [1.165, 1.54) is 6.07 Å². The number of morpholine rings is 1. The Balaban J connectivity index is 1.80. The first-order chi connectivity index (χ1) is 12.9. The van der Waals surface area contributed by atoms with Crippen LogP contribution in [0.25, 0.3) is 0 Å². The van der Waals surface area contributed by atoms with Crippen molar-refractivity contribution in [3.05, 3.63) is 52.3 Å². The van der Waals surface area contributed by atoms with Crippen LogP contribution in [0.4, 0.5) is 11.4 Å². The van der Waals surface area contributed by atoms with Gasteiger partial charge in [-0.1, -0.05) is 0 Å². The summed E-state index contributed by atoms with van der Waals surface area (Å²) in [6.07, 6.45) is 3.43. The summed E-state index contributed by atoms with van der Waals surface area (Å²) in [4.78, 5) is 25.3. The highest BCUT2D eigenvalue weighted by molar-refractivity contribution is 5.96. The van der Waals surface area contributed by atoms with E-state index >= 15 is 0 Å². The Morgan fingerprint density at radius 3 is 2.96 bits per heavy atom. The lowest BCUT2D eigenvalue weighted by Crippen LogP contribution is -2.44. The number of ether oxygens (including phenoxy) is 1. The number of nitrogens with zero attached hydrogens (tertiary/aromatic N) is 4. The molecular weight excluding hydrogens is 350 g/mol. The second-order valence-corrected chi connectivity index (χ2v) is 6.76. The maximum Gasteiger partial charge on any atom is 0.293 e. The number of carbonyl (C=O) groups excluding carboxylic acids is 1. The van der Waals surface area contributed by atoms with E-state index in [4.69, 9.17) is 4.74 Å². The molecule has 0 spiro atoms. The molecule has 1 saturated heterocycles. The Labute approximate surface area is 157 Å². The van der Waals surface area contributed by atoms with Crippen molar-refractivity contribution in [3.63, 3.8) is 0 Å². The largest absolute Gasteiger partial charge is 0.373 e. The molecule has 144 valence electrons. The monoisotopic (exact) mass is 373 g/mol. The van der Waals surface area contributed by atoms with Crippen molar-refractivity contribution in [2.45, 2.75) is 32.5 Å². The summed E-state index contributed by atoms with van der Waals surface area (Å²) in [5.41, 5.74) is 0.696. The molecule has 1 amide bonds. The Bertz CT molecular complexity index is 806. The lowest BCUT2D eigenvalue weighted by molar-refractivity contribution is -0.384. The minimum absolute atomic E-state index is 0.0430. The quantitative estimate of drug-likeness (QED) is 0.612. The van der Waals surface area contributed by atoms with Crippen LogP contribution in [0.5, 0.6) is 0 Å². The van der Waals surface area contributed by atoms with Crippen LogP contribution in [0.3, 0.4) is 0 Å². The number of amides is 1. The highest BCUT2D eigenvalue weighted by Gasteiger charge is 2.27. The summed E-state index contributed by atoms with van der Waals surface area (Å²) >= 11 is 0. The van der Waals surface area contributed by atoms with Crippen LogP contribution < -0.4 is 10.2 Å². The molecule has 1 aliphatic rings. The van der Waals surface area contributed by atoms with Gasteiger partial charge in [0.25, 0.3) is 11.6 Å². The fraction of sp³-hybridized carbons (Fsp3) is 0.444. The SMILES string of the molecule is CC(C)NC(=O)c1ccc(N2CCOC(Cn3cccn3)C2)c([N+](=O)[O-])c1.